The number of amides is 1. The number of nitrogens with zero attached hydrogens (tertiary/aromatic N) is 2. The SMILES string of the molecule is CN1CCN(C2(CNC(=O)c3cccc(C#CC(C)(C)O)c3)CCCC2)CC1.O=CO. The number of rotatable bonds is 4. The molecule has 1 saturated heterocycles. The fourth-order valence-electron chi connectivity index (χ4n) is 4.23. The third-order valence-corrected chi connectivity index (χ3v) is 5.92. The predicted octanol–water partition coefficient (Wildman–Crippen LogP) is 1.80. The first-order chi connectivity index (χ1) is 14.7. The van der Waals surface area contributed by atoms with Crippen molar-refractivity contribution in [2.75, 3.05) is 39.8 Å². The van der Waals surface area contributed by atoms with E-state index in [4.69, 9.17) is 9.90 Å². The summed E-state index contributed by atoms with van der Waals surface area (Å²) in [5.74, 6) is 5.70. The molecule has 1 aromatic carbocycles. The number of carbonyl (C=O) groups is 2. The van der Waals surface area contributed by atoms with E-state index in [9.17, 15) is 9.90 Å². The van der Waals surface area contributed by atoms with Gasteiger partial charge in [0.2, 0.25) is 0 Å². The van der Waals surface area contributed by atoms with Crippen LogP contribution in [0.25, 0.3) is 0 Å². The number of aliphatic hydroxyl groups is 1. The lowest BCUT2D eigenvalue weighted by Crippen LogP contribution is -2.59. The Bertz CT molecular complexity index is 793. The first-order valence-corrected chi connectivity index (χ1v) is 10.8. The molecule has 0 bridgehead atoms. The van der Waals surface area contributed by atoms with Crippen LogP contribution in [0.3, 0.4) is 0 Å². The van der Waals surface area contributed by atoms with Gasteiger partial charge in [0, 0.05) is 49.4 Å². The monoisotopic (exact) mass is 429 g/mol. The van der Waals surface area contributed by atoms with Gasteiger partial charge in [0.15, 0.2) is 0 Å². The minimum absolute atomic E-state index is 0.0488. The van der Waals surface area contributed by atoms with Crippen LogP contribution in [0, 0.1) is 11.8 Å². The fourth-order valence-corrected chi connectivity index (χ4v) is 4.23. The molecule has 7 nitrogen and oxygen atoms in total. The van der Waals surface area contributed by atoms with Crippen LogP contribution < -0.4 is 5.32 Å². The molecule has 1 amide bonds. The van der Waals surface area contributed by atoms with Crippen LogP contribution in [0.5, 0.6) is 0 Å². The summed E-state index contributed by atoms with van der Waals surface area (Å²) in [4.78, 5) is 26.1. The smallest absolute Gasteiger partial charge is 0.290 e. The van der Waals surface area contributed by atoms with Crippen LogP contribution in [0.1, 0.15) is 55.5 Å². The Morgan fingerprint density at radius 3 is 2.42 bits per heavy atom. The summed E-state index contributed by atoms with van der Waals surface area (Å²) < 4.78 is 0. The number of carboxylic acid groups (broad SMARTS) is 1. The molecule has 31 heavy (non-hydrogen) atoms. The second-order valence-electron chi connectivity index (χ2n) is 8.90. The number of hydrogen-bond donors (Lipinski definition) is 3. The molecule has 1 heterocycles. The summed E-state index contributed by atoms with van der Waals surface area (Å²) in [5, 5.41) is 19.9. The Hall–Kier alpha value is -2.40. The molecule has 0 radical (unpaired) electrons. The number of likely N-dealkylation sites (N-methyl/N-ethyl adjacent to an activating group) is 1. The molecule has 2 fully saturated rings. The number of nitrogens with one attached hydrogen (secondary N) is 1. The van der Waals surface area contributed by atoms with E-state index >= 15 is 0 Å². The standard InChI is InChI=1S/C23H33N3O2.CH2O2/c1-22(2,28)12-9-19-7-6-8-20(17-19)21(27)24-18-23(10-4-5-11-23)26-15-13-25(3)14-16-26;2-1-3/h6-8,17,28H,4-5,10-11,13-16,18H2,1-3H3,(H,24,27);1H,(H,2,3). The molecule has 1 saturated carbocycles. The van der Waals surface area contributed by atoms with Crippen LogP contribution >= 0.6 is 0 Å². The van der Waals surface area contributed by atoms with Crippen molar-refractivity contribution in [1.82, 2.24) is 15.1 Å². The second kappa shape index (κ2) is 11.3. The molecule has 3 N–H and O–H groups in total. The van der Waals surface area contributed by atoms with Crippen molar-refractivity contribution in [3.05, 3.63) is 35.4 Å². The average molecular weight is 430 g/mol. The molecule has 0 atom stereocenters. The van der Waals surface area contributed by atoms with Gasteiger partial charge in [0.25, 0.3) is 12.4 Å². The number of benzene rings is 1. The van der Waals surface area contributed by atoms with E-state index < -0.39 is 5.60 Å². The summed E-state index contributed by atoms with van der Waals surface area (Å²) in [7, 11) is 2.17. The lowest BCUT2D eigenvalue weighted by atomic mass is 9.93. The maximum absolute atomic E-state index is 12.8. The largest absolute Gasteiger partial charge is 0.483 e. The van der Waals surface area contributed by atoms with Crippen molar-refractivity contribution in [2.24, 2.45) is 0 Å². The van der Waals surface area contributed by atoms with E-state index in [0.717, 1.165) is 44.6 Å². The molecule has 0 unspecified atom stereocenters. The Balaban J connectivity index is 0.00000107. The number of piperazine rings is 1. The molecule has 2 aliphatic rings. The van der Waals surface area contributed by atoms with Gasteiger partial charge >= 0.3 is 0 Å². The molecule has 0 spiro atoms. The quantitative estimate of drug-likeness (QED) is 0.499. The lowest BCUT2D eigenvalue weighted by Gasteiger charge is -2.45. The second-order valence-corrected chi connectivity index (χ2v) is 8.90. The fraction of sp³-hybridized carbons (Fsp3) is 0.583. The first-order valence-electron chi connectivity index (χ1n) is 10.8. The van der Waals surface area contributed by atoms with E-state index in [-0.39, 0.29) is 17.9 Å². The molecule has 1 aromatic rings. The van der Waals surface area contributed by atoms with E-state index in [2.05, 4.69) is 34.0 Å². The zero-order valence-electron chi connectivity index (χ0n) is 18.9. The van der Waals surface area contributed by atoms with Crippen molar-refractivity contribution in [2.45, 2.75) is 50.7 Å². The molecule has 0 aromatic heterocycles. The zero-order chi connectivity index (χ0) is 22.9. The predicted molar refractivity (Wildman–Crippen MR) is 121 cm³/mol. The Morgan fingerprint density at radius 2 is 1.84 bits per heavy atom. The Labute approximate surface area is 185 Å². The van der Waals surface area contributed by atoms with Gasteiger partial charge in [-0.25, -0.2) is 0 Å². The summed E-state index contributed by atoms with van der Waals surface area (Å²) in [6, 6.07) is 7.32. The number of hydrogen-bond acceptors (Lipinski definition) is 5. The molecule has 1 aliphatic carbocycles. The van der Waals surface area contributed by atoms with Gasteiger partial charge in [-0.2, -0.15) is 0 Å². The van der Waals surface area contributed by atoms with E-state index in [1.807, 2.05) is 18.2 Å². The highest BCUT2D eigenvalue weighted by molar-refractivity contribution is 5.94. The third-order valence-electron chi connectivity index (χ3n) is 5.92. The average Bonchev–Trinajstić information content (AvgIpc) is 3.21. The highest BCUT2D eigenvalue weighted by Crippen LogP contribution is 2.35. The first kappa shape index (κ1) is 24.9. The summed E-state index contributed by atoms with van der Waals surface area (Å²) in [6.45, 7) is 8.10. The summed E-state index contributed by atoms with van der Waals surface area (Å²) in [5.41, 5.74) is 0.420. The van der Waals surface area contributed by atoms with Crippen molar-refractivity contribution >= 4 is 12.4 Å². The van der Waals surface area contributed by atoms with Gasteiger partial charge in [0.05, 0.1) is 0 Å². The van der Waals surface area contributed by atoms with Gasteiger partial charge in [-0.3, -0.25) is 14.5 Å². The number of carbonyl (C=O) groups excluding carboxylic acids is 1. The van der Waals surface area contributed by atoms with Gasteiger partial charge in [-0.1, -0.05) is 30.7 Å². The third kappa shape index (κ3) is 7.66. The molecular weight excluding hydrogens is 394 g/mol. The zero-order valence-corrected chi connectivity index (χ0v) is 18.9. The minimum Gasteiger partial charge on any atom is -0.483 e. The van der Waals surface area contributed by atoms with Crippen molar-refractivity contribution < 1.29 is 19.8 Å². The normalized spacial score (nSPS) is 18.8. The molecular formula is C24H35N3O4. The van der Waals surface area contributed by atoms with Crippen LogP contribution in [0.15, 0.2) is 24.3 Å². The van der Waals surface area contributed by atoms with Crippen molar-refractivity contribution in [3.63, 3.8) is 0 Å². The summed E-state index contributed by atoms with van der Waals surface area (Å²) in [6.07, 6.45) is 4.80. The van der Waals surface area contributed by atoms with Crippen LogP contribution in [-0.2, 0) is 4.79 Å². The highest BCUT2D eigenvalue weighted by Gasteiger charge is 2.40. The van der Waals surface area contributed by atoms with Crippen LogP contribution in [-0.4, -0.2) is 83.3 Å². The van der Waals surface area contributed by atoms with Gasteiger partial charge in [-0.05, 0) is 51.9 Å². The van der Waals surface area contributed by atoms with Gasteiger partial charge in [-0.15, -0.1) is 0 Å². The van der Waals surface area contributed by atoms with E-state index in [1.165, 1.54) is 12.8 Å². The Morgan fingerprint density at radius 1 is 1.23 bits per heavy atom. The van der Waals surface area contributed by atoms with Gasteiger partial charge < -0.3 is 20.4 Å². The topological polar surface area (TPSA) is 93.1 Å². The van der Waals surface area contributed by atoms with Crippen LogP contribution in [0.2, 0.25) is 0 Å². The molecule has 3 rings (SSSR count). The lowest BCUT2D eigenvalue weighted by molar-refractivity contribution is -0.122. The maximum atomic E-state index is 12.8. The molecule has 7 heteroatoms. The van der Waals surface area contributed by atoms with Gasteiger partial charge in [0.1, 0.15) is 5.60 Å². The van der Waals surface area contributed by atoms with Crippen LogP contribution in [0.4, 0.5) is 0 Å². The maximum Gasteiger partial charge on any atom is 0.290 e. The van der Waals surface area contributed by atoms with E-state index in [1.54, 1.807) is 19.9 Å². The van der Waals surface area contributed by atoms with Crippen molar-refractivity contribution in [3.8, 4) is 11.8 Å². The Kier molecular flexibility index (Phi) is 9.05. The van der Waals surface area contributed by atoms with Crippen molar-refractivity contribution in [1.29, 1.82) is 0 Å². The van der Waals surface area contributed by atoms with E-state index in [0.29, 0.717) is 12.1 Å². The summed E-state index contributed by atoms with van der Waals surface area (Å²) >= 11 is 0. The molecule has 1 aliphatic heterocycles. The molecule has 170 valence electrons. The highest BCUT2D eigenvalue weighted by atomic mass is 16.3. The minimum atomic E-state index is -1.05.